The maximum atomic E-state index is 13.3. The van der Waals surface area contributed by atoms with Crippen LogP contribution in [0.25, 0.3) is 0 Å². The average molecular weight is 407 g/mol. The fraction of sp³-hybridized carbons (Fsp3) is 0.471. The van der Waals surface area contributed by atoms with Gasteiger partial charge in [-0.2, -0.15) is 4.31 Å². The number of anilines is 1. The number of pyridine rings is 1. The Bertz CT molecular complexity index is 1260. The third-order valence-corrected chi connectivity index (χ3v) is 7.59. The highest BCUT2D eigenvalue weighted by atomic mass is 32.2. The first-order valence-electron chi connectivity index (χ1n) is 8.88. The molecular formula is C17H21N5O5S. The smallest absolute Gasteiger partial charge is 0.332 e. The quantitative estimate of drug-likeness (QED) is 0.654. The van der Waals surface area contributed by atoms with Gasteiger partial charge in [0.15, 0.2) is 4.90 Å². The van der Waals surface area contributed by atoms with Crippen LogP contribution in [0.3, 0.4) is 0 Å². The molecule has 2 N–H and O–H groups in total. The Labute approximate surface area is 160 Å². The highest BCUT2D eigenvalue weighted by Gasteiger charge is 2.41. The Morgan fingerprint density at radius 1 is 1.04 bits per heavy atom. The molecule has 0 spiro atoms. The van der Waals surface area contributed by atoms with Gasteiger partial charge < -0.3 is 10.3 Å². The van der Waals surface area contributed by atoms with E-state index < -0.39 is 26.2 Å². The van der Waals surface area contributed by atoms with E-state index in [9.17, 15) is 22.8 Å². The Kier molecular flexibility index (Phi) is 4.12. The van der Waals surface area contributed by atoms with Crippen molar-refractivity contribution in [1.82, 2.24) is 18.0 Å². The van der Waals surface area contributed by atoms with Crippen molar-refractivity contribution >= 4 is 15.8 Å². The van der Waals surface area contributed by atoms with Crippen LogP contribution in [0.15, 0.2) is 37.5 Å². The maximum Gasteiger partial charge on any atom is 0.332 e. The number of nitrogens with zero attached hydrogens (tertiary/aromatic N) is 4. The number of sulfonamides is 1. The number of hydrogen-bond donors (Lipinski definition) is 1. The zero-order chi connectivity index (χ0) is 20.4. The summed E-state index contributed by atoms with van der Waals surface area (Å²) in [4.78, 5) is 36.1. The first kappa shape index (κ1) is 18.7. The molecular weight excluding hydrogens is 386 g/mol. The Morgan fingerprint density at radius 2 is 1.75 bits per heavy atom. The summed E-state index contributed by atoms with van der Waals surface area (Å²) in [7, 11) is -1.67. The predicted molar refractivity (Wildman–Crippen MR) is 102 cm³/mol. The molecule has 2 aromatic rings. The van der Waals surface area contributed by atoms with Gasteiger partial charge in [0.1, 0.15) is 5.82 Å². The first-order chi connectivity index (χ1) is 13.1. The normalized spacial score (nSPS) is 22.1. The van der Waals surface area contributed by atoms with Gasteiger partial charge in [0.05, 0.1) is 0 Å². The second-order valence-electron chi connectivity index (χ2n) is 7.44. The van der Waals surface area contributed by atoms with Crippen molar-refractivity contribution < 1.29 is 8.42 Å². The molecule has 2 bridgehead atoms. The molecule has 150 valence electrons. The number of fused-ring (bicyclic) bond motifs is 4. The molecule has 1 fully saturated rings. The van der Waals surface area contributed by atoms with Gasteiger partial charge in [-0.1, -0.05) is 6.07 Å². The van der Waals surface area contributed by atoms with E-state index in [0.717, 1.165) is 21.2 Å². The van der Waals surface area contributed by atoms with Crippen LogP contribution in [0, 0.1) is 5.92 Å². The minimum absolute atomic E-state index is 0.0428. The standard InChI is InChI=1S/C17H21N5O5S/c1-19-15(18)14(16(24)20(2)17(19)25)28(26,27)21-7-10-6-11(9-21)12-4-3-5-13(23)22(12)8-10/h3-5,10-11H,6-9,18H2,1-2H3. The van der Waals surface area contributed by atoms with Crippen molar-refractivity contribution in [2.75, 3.05) is 18.8 Å². The lowest BCUT2D eigenvalue weighted by molar-refractivity contribution is 0.186. The van der Waals surface area contributed by atoms with Gasteiger partial charge in [-0.3, -0.25) is 18.7 Å². The average Bonchev–Trinajstić information content (AvgIpc) is 2.65. The summed E-state index contributed by atoms with van der Waals surface area (Å²) >= 11 is 0. The SMILES string of the molecule is Cn1c(N)c(S(=O)(=O)N2CC3CC(C2)c2cccc(=O)n2C3)c(=O)n(C)c1=O. The van der Waals surface area contributed by atoms with Gasteiger partial charge in [0, 0.05) is 51.4 Å². The third-order valence-electron chi connectivity index (χ3n) is 5.71. The fourth-order valence-electron chi connectivity index (χ4n) is 4.25. The Hall–Kier alpha value is -2.66. The lowest BCUT2D eigenvalue weighted by atomic mass is 9.84. The van der Waals surface area contributed by atoms with Crippen LogP contribution in [0.5, 0.6) is 0 Å². The molecule has 0 aromatic carbocycles. The van der Waals surface area contributed by atoms with E-state index in [1.165, 1.54) is 24.5 Å². The molecule has 2 aromatic heterocycles. The summed E-state index contributed by atoms with van der Waals surface area (Å²) in [5.74, 6) is -0.562. The summed E-state index contributed by atoms with van der Waals surface area (Å²) in [6.07, 6.45) is 0.774. The molecule has 2 aliphatic rings. The first-order valence-corrected chi connectivity index (χ1v) is 10.3. The monoisotopic (exact) mass is 407 g/mol. The molecule has 10 nitrogen and oxygen atoms in total. The van der Waals surface area contributed by atoms with Gasteiger partial charge in [-0.25, -0.2) is 13.2 Å². The molecule has 0 aliphatic carbocycles. The third kappa shape index (κ3) is 2.57. The molecule has 4 rings (SSSR count). The van der Waals surface area contributed by atoms with E-state index in [4.69, 9.17) is 5.73 Å². The number of piperidine rings is 1. The highest BCUT2D eigenvalue weighted by Crippen LogP contribution is 2.37. The number of rotatable bonds is 2. The molecule has 2 atom stereocenters. The van der Waals surface area contributed by atoms with Gasteiger partial charge in [-0.15, -0.1) is 0 Å². The molecule has 2 aliphatic heterocycles. The van der Waals surface area contributed by atoms with Crippen LogP contribution < -0.4 is 22.5 Å². The minimum atomic E-state index is -4.21. The van der Waals surface area contributed by atoms with Crippen LogP contribution in [-0.2, 0) is 30.7 Å². The number of aromatic nitrogens is 3. The van der Waals surface area contributed by atoms with Crippen molar-refractivity contribution in [2.45, 2.75) is 23.8 Å². The van der Waals surface area contributed by atoms with E-state index >= 15 is 0 Å². The van der Waals surface area contributed by atoms with Crippen molar-refractivity contribution in [3.05, 3.63) is 55.1 Å². The second kappa shape index (κ2) is 6.17. The van der Waals surface area contributed by atoms with Crippen LogP contribution in [0.1, 0.15) is 18.0 Å². The van der Waals surface area contributed by atoms with Crippen LogP contribution in [0.2, 0.25) is 0 Å². The van der Waals surface area contributed by atoms with Crippen molar-refractivity contribution in [3.8, 4) is 0 Å². The highest BCUT2D eigenvalue weighted by molar-refractivity contribution is 7.89. The topological polar surface area (TPSA) is 129 Å². The lowest BCUT2D eigenvalue weighted by Crippen LogP contribution is -2.51. The van der Waals surface area contributed by atoms with E-state index in [1.54, 1.807) is 10.6 Å². The zero-order valence-electron chi connectivity index (χ0n) is 15.5. The van der Waals surface area contributed by atoms with Gasteiger partial charge >= 0.3 is 5.69 Å². The number of hydrogen-bond acceptors (Lipinski definition) is 6. The largest absolute Gasteiger partial charge is 0.384 e. The summed E-state index contributed by atoms with van der Waals surface area (Å²) in [5.41, 5.74) is 4.93. The minimum Gasteiger partial charge on any atom is -0.384 e. The van der Waals surface area contributed by atoms with Gasteiger partial charge in [0.2, 0.25) is 0 Å². The van der Waals surface area contributed by atoms with Crippen molar-refractivity contribution in [2.24, 2.45) is 20.0 Å². The van der Waals surface area contributed by atoms with Crippen LogP contribution >= 0.6 is 0 Å². The predicted octanol–water partition coefficient (Wildman–Crippen LogP) is -1.36. The summed E-state index contributed by atoms with van der Waals surface area (Å²) in [6, 6.07) is 4.99. The number of nitrogens with two attached hydrogens (primary N) is 1. The summed E-state index contributed by atoms with van der Waals surface area (Å²) in [5, 5.41) is 0. The Balaban J connectivity index is 1.81. The van der Waals surface area contributed by atoms with Crippen LogP contribution in [-0.4, -0.2) is 39.5 Å². The van der Waals surface area contributed by atoms with E-state index in [2.05, 4.69) is 0 Å². The molecule has 0 saturated carbocycles. The van der Waals surface area contributed by atoms with E-state index in [1.807, 2.05) is 6.07 Å². The molecule has 0 radical (unpaired) electrons. The van der Waals surface area contributed by atoms with Crippen LogP contribution in [0.4, 0.5) is 5.82 Å². The molecule has 4 heterocycles. The molecule has 1 saturated heterocycles. The molecule has 2 unspecified atom stereocenters. The molecule has 0 amide bonds. The lowest BCUT2D eigenvalue weighted by Gasteiger charge is -2.42. The van der Waals surface area contributed by atoms with E-state index in [-0.39, 0.29) is 36.3 Å². The maximum absolute atomic E-state index is 13.3. The van der Waals surface area contributed by atoms with Gasteiger partial charge in [0.25, 0.3) is 21.1 Å². The fourth-order valence-corrected chi connectivity index (χ4v) is 6.05. The molecule has 28 heavy (non-hydrogen) atoms. The second-order valence-corrected chi connectivity index (χ2v) is 9.32. The van der Waals surface area contributed by atoms with Crippen molar-refractivity contribution in [1.29, 1.82) is 0 Å². The zero-order valence-corrected chi connectivity index (χ0v) is 16.3. The summed E-state index contributed by atoms with van der Waals surface area (Å²) in [6.45, 7) is 0.761. The van der Waals surface area contributed by atoms with E-state index in [0.29, 0.717) is 6.54 Å². The number of nitrogen functional groups attached to an aromatic ring is 1. The van der Waals surface area contributed by atoms with Gasteiger partial charge in [-0.05, 0) is 18.4 Å². The summed E-state index contributed by atoms with van der Waals surface area (Å²) < 4.78 is 31.2. The van der Waals surface area contributed by atoms with Crippen molar-refractivity contribution in [3.63, 3.8) is 0 Å². The Morgan fingerprint density at radius 3 is 2.46 bits per heavy atom. The molecule has 11 heteroatoms.